The van der Waals surface area contributed by atoms with Crippen LogP contribution in [0.5, 0.6) is 5.75 Å². The lowest BCUT2D eigenvalue weighted by Crippen LogP contribution is -2.22. The molecule has 0 saturated heterocycles. The van der Waals surface area contributed by atoms with Crippen molar-refractivity contribution in [2.75, 3.05) is 7.11 Å². The molecular weight excluding hydrogens is 330 g/mol. The van der Waals surface area contributed by atoms with Crippen LogP contribution in [0.2, 0.25) is 30.7 Å². The molecule has 23 heavy (non-hydrogen) atoms. The fourth-order valence-electron chi connectivity index (χ4n) is 2.93. The molecular formula is C17H24ClNO3Si. The van der Waals surface area contributed by atoms with E-state index in [0.717, 1.165) is 28.2 Å². The second-order valence-electron chi connectivity index (χ2n) is 7.19. The lowest BCUT2D eigenvalue weighted by Gasteiger charge is -2.20. The molecule has 0 saturated carbocycles. The summed E-state index contributed by atoms with van der Waals surface area (Å²) in [5, 5.41) is 11.1. The van der Waals surface area contributed by atoms with Gasteiger partial charge in [-0.3, -0.25) is 4.79 Å². The molecule has 1 atom stereocenters. The number of hydrogen-bond donors (Lipinski definition) is 2. The zero-order chi connectivity index (χ0) is 17.4. The van der Waals surface area contributed by atoms with Crippen molar-refractivity contribution in [3.8, 4) is 5.75 Å². The molecule has 0 radical (unpaired) electrons. The van der Waals surface area contributed by atoms with Crippen molar-refractivity contribution in [2.24, 2.45) is 0 Å². The predicted molar refractivity (Wildman–Crippen MR) is 97.7 cm³/mol. The van der Waals surface area contributed by atoms with E-state index in [1.54, 1.807) is 13.2 Å². The van der Waals surface area contributed by atoms with Crippen LogP contribution in [-0.4, -0.2) is 31.2 Å². The maximum absolute atomic E-state index is 11.9. The summed E-state index contributed by atoms with van der Waals surface area (Å²) in [4.78, 5) is 15.1. The largest absolute Gasteiger partial charge is 0.495 e. The van der Waals surface area contributed by atoms with E-state index in [4.69, 9.17) is 16.3 Å². The summed E-state index contributed by atoms with van der Waals surface area (Å²) in [5.41, 5.74) is 2.58. The predicted octanol–water partition coefficient (Wildman–Crippen LogP) is 5.03. The van der Waals surface area contributed by atoms with Crippen LogP contribution in [0.4, 0.5) is 0 Å². The Balaban J connectivity index is 2.54. The molecule has 2 rings (SSSR count). The van der Waals surface area contributed by atoms with Gasteiger partial charge in [0.05, 0.1) is 18.1 Å². The van der Waals surface area contributed by atoms with E-state index in [0.29, 0.717) is 17.2 Å². The van der Waals surface area contributed by atoms with Crippen molar-refractivity contribution in [3.63, 3.8) is 0 Å². The number of H-pyrrole nitrogens is 1. The molecule has 1 aromatic carbocycles. The van der Waals surface area contributed by atoms with Crippen LogP contribution in [0.1, 0.15) is 23.6 Å². The van der Waals surface area contributed by atoms with Gasteiger partial charge in [-0.25, -0.2) is 0 Å². The molecule has 126 valence electrons. The quantitative estimate of drug-likeness (QED) is 0.715. The van der Waals surface area contributed by atoms with Crippen LogP contribution in [-0.2, 0) is 4.79 Å². The number of methoxy groups -OCH3 is 1. The summed E-state index contributed by atoms with van der Waals surface area (Å²) in [6.07, 6.45) is 0.657. The number of rotatable bonds is 6. The summed E-state index contributed by atoms with van der Waals surface area (Å²) in [5.74, 6) is -0.726. The molecule has 0 aliphatic rings. The van der Waals surface area contributed by atoms with Gasteiger partial charge in [0.15, 0.2) is 0 Å². The van der Waals surface area contributed by atoms with E-state index in [-0.39, 0.29) is 0 Å². The second-order valence-corrected chi connectivity index (χ2v) is 13.2. The number of hydrogen-bond acceptors (Lipinski definition) is 2. The van der Waals surface area contributed by atoms with Gasteiger partial charge in [-0.1, -0.05) is 37.3 Å². The third-order valence-corrected chi connectivity index (χ3v) is 6.22. The molecule has 0 aliphatic carbocycles. The second kappa shape index (κ2) is 6.57. The number of ether oxygens (including phenoxy) is 1. The summed E-state index contributed by atoms with van der Waals surface area (Å²) in [6.45, 7) is 8.70. The minimum Gasteiger partial charge on any atom is -0.495 e. The van der Waals surface area contributed by atoms with Crippen LogP contribution in [0.25, 0.3) is 10.9 Å². The fourth-order valence-corrected chi connectivity index (χ4v) is 4.32. The molecule has 6 heteroatoms. The van der Waals surface area contributed by atoms with E-state index in [1.807, 2.05) is 13.0 Å². The zero-order valence-corrected chi connectivity index (χ0v) is 16.0. The highest BCUT2D eigenvalue weighted by Crippen LogP contribution is 2.38. The number of aliphatic carboxylic acids is 1. The van der Waals surface area contributed by atoms with Gasteiger partial charge in [0, 0.05) is 24.7 Å². The Labute approximate surface area is 142 Å². The monoisotopic (exact) mass is 353 g/mol. The Hall–Kier alpha value is -1.46. The summed E-state index contributed by atoms with van der Waals surface area (Å²) in [7, 11) is 0.252. The number of fused-ring (bicyclic) bond motifs is 1. The van der Waals surface area contributed by atoms with Gasteiger partial charge in [0.25, 0.3) is 0 Å². The van der Waals surface area contributed by atoms with Crippen LogP contribution >= 0.6 is 11.6 Å². The Morgan fingerprint density at radius 1 is 1.39 bits per heavy atom. The highest BCUT2D eigenvalue weighted by Gasteiger charge is 2.28. The van der Waals surface area contributed by atoms with Crippen LogP contribution < -0.4 is 4.74 Å². The molecule has 4 nitrogen and oxygen atoms in total. The minimum atomic E-state index is -1.31. The number of halogens is 1. The topological polar surface area (TPSA) is 62.3 Å². The molecule has 2 aromatic rings. The molecule has 1 aromatic heterocycles. The van der Waals surface area contributed by atoms with E-state index in [2.05, 4.69) is 24.6 Å². The average Bonchev–Trinajstić information content (AvgIpc) is 2.72. The smallest absolute Gasteiger partial charge is 0.311 e. The lowest BCUT2D eigenvalue weighted by atomic mass is 9.93. The van der Waals surface area contributed by atoms with Crippen molar-refractivity contribution in [3.05, 3.63) is 28.4 Å². The first-order valence-corrected chi connectivity index (χ1v) is 11.8. The Kier molecular flexibility index (Phi) is 5.11. The van der Waals surface area contributed by atoms with Crippen LogP contribution in [0.3, 0.4) is 0 Å². The first-order valence-electron chi connectivity index (χ1n) is 7.72. The van der Waals surface area contributed by atoms with Crippen molar-refractivity contribution in [2.45, 2.75) is 44.9 Å². The number of aryl methyl sites for hydroxylation is 1. The maximum Gasteiger partial charge on any atom is 0.311 e. The maximum atomic E-state index is 11.9. The Morgan fingerprint density at radius 2 is 2.04 bits per heavy atom. The van der Waals surface area contributed by atoms with E-state index in [1.165, 1.54) is 0 Å². The molecule has 0 amide bonds. The number of benzene rings is 1. The molecule has 1 heterocycles. The average molecular weight is 354 g/mol. The van der Waals surface area contributed by atoms with E-state index >= 15 is 0 Å². The number of carbonyl (C=O) groups is 1. The minimum absolute atomic E-state index is 0.513. The molecule has 0 aliphatic heterocycles. The van der Waals surface area contributed by atoms with Gasteiger partial charge in [0.1, 0.15) is 5.75 Å². The van der Waals surface area contributed by atoms with E-state index < -0.39 is 20.0 Å². The number of nitrogens with one attached hydrogen (secondary N) is 1. The normalized spacial score (nSPS) is 13.3. The summed E-state index contributed by atoms with van der Waals surface area (Å²) in [6, 6.07) is 4.60. The van der Waals surface area contributed by atoms with Crippen molar-refractivity contribution in [1.82, 2.24) is 4.98 Å². The van der Waals surface area contributed by atoms with Gasteiger partial charge < -0.3 is 14.8 Å². The summed E-state index contributed by atoms with van der Waals surface area (Å²) >= 11 is 6.17. The molecule has 1 unspecified atom stereocenters. The number of carboxylic acid groups (broad SMARTS) is 1. The molecule has 0 bridgehead atoms. The van der Waals surface area contributed by atoms with Crippen molar-refractivity contribution >= 4 is 36.5 Å². The highest BCUT2D eigenvalue weighted by molar-refractivity contribution is 6.76. The van der Waals surface area contributed by atoms with Crippen LogP contribution in [0.15, 0.2) is 12.1 Å². The SMILES string of the molecule is COc1cc2c(C(CC[Si](C)(C)C)C(=O)O)c(C)[nH]c2cc1Cl. The summed E-state index contributed by atoms with van der Waals surface area (Å²) < 4.78 is 5.29. The van der Waals surface area contributed by atoms with Gasteiger partial charge in [-0.2, -0.15) is 0 Å². The van der Waals surface area contributed by atoms with Crippen LogP contribution in [0, 0.1) is 6.92 Å². The van der Waals surface area contributed by atoms with Crippen molar-refractivity contribution < 1.29 is 14.6 Å². The third kappa shape index (κ3) is 3.90. The van der Waals surface area contributed by atoms with Gasteiger partial charge in [-0.15, -0.1) is 0 Å². The highest BCUT2D eigenvalue weighted by atomic mass is 35.5. The number of carboxylic acids is 1. The molecule has 0 spiro atoms. The molecule has 0 fully saturated rings. The zero-order valence-electron chi connectivity index (χ0n) is 14.3. The Bertz CT molecular complexity index is 733. The van der Waals surface area contributed by atoms with Gasteiger partial charge in [0.2, 0.25) is 0 Å². The van der Waals surface area contributed by atoms with E-state index in [9.17, 15) is 9.90 Å². The first kappa shape index (κ1) is 17.9. The third-order valence-electron chi connectivity index (χ3n) is 4.14. The number of aromatic nitrogens is 1. The lowest BCUT2D eigenvalue weighted by molar-refractivity contribution is -0.138. The number of aromatic amines is 1. The van der Waals surface area contributed by atoms with Gasteiger partial charge in [-0.05, 0) is 31.0 Å². The standard InChI is InChI=1S/C17H24ClNO3Si/c1-10-16(11(17(20)21)6-7-23(3,4)5)12-8-15(22-2)13(18)9-14(12)19-10/h8-9,11,19H,6-7H2,1-5H3,(H,20,21). The van der Waals surface area contributed by atoms with Gasteiger partial charge >= 0.3 is 5.97 Å². The Morgan fingerprint density at radius 3 is 2.57 bits per heavy atom. The first-order chi connectivity index (χ1) is 10.6. The molecule has 2 N–H and O–H groups in total. The fraction of sp³-hybridized carbons (Fsp3) is 0.471. The van der Waals surface area contributed by atoms with Crippen molar-refractivity contribution in [1.29, 1.82) is 0 Å².